The molecule has 17 heavy (non-hydrogen) atoms. The molecule has 0 aromatic rings. The fraction of sp³-hybridized carbons (Fsp3) is 0.429. The van der Waals surface area contributed by atoms with Crippen molar-refractivity contribution in [2.45, 2.75) is 39.5 Å². The quantitative estimate of drug-likeness (QED) is 0.516. The summed E-state index contributed by atoms with van der Waals surface area (Å²) in [6.07, 6.45) is 19.3. The van der Waals surface area contributed by atoms with E-state index in [0.717, 1.165) is 25.7 Å². The summed E-state index contributed by atoms with van der Waals surface area (Å²) in [5.41, 5.74) is 2.72. The van der Waals surface area contributed by atoms with Gasteiger partial charge >= 0.3 is 26.2 Å². The molecule has 0 spiro atoms. The molecule has 3 heteroatoms. The molecule has 0 aliphatic heterocycles. The van der Waals surface area contributed by atoms with Crippen LogP contribution in [-0.2, 0) is 26.2 Å². The van der Waals surface area contributed by atoms with Gasteiger partial charge in [-0.3, -0.25) is 12.2 Å². The van der Waals surface area contributed by atoms with E-state index in [-0.39, 0.29) is 51.0 Å². The Kier molecular flexibility index (Phi) is 19.2. The molecule has 0 amide bonds. The molecule has 2 rings (SSSR count). The Morgan fingerprint density at radius 1 is 0.882 bits per heavy atom. The van der Waals surface area contributed by atoms with E-state index in [4.69, 9.17) is 0 Å². The van der Waals surface area contributed by atoms with Crippen molar-refractivity contribution in [3.8, 4) is 0 Å². The zero-order chi connectivity index (χ0) is 10.2. The molecule has 2 aliphatic carbocycles. The zero-order valence-electron chi connectivity index (χ0n) is 10.4. The second-order valence-electron chi connectivity index (χ2n) is 3.32. The van der Waals surface area contributed by atoms with Crippen molar-refractivity contribution >= 4 is 0 Å². The number of rotatable bonds is 2. The summed E-state index contributed by atoms with van der Waals surface area (Å²) < 4.78 is 0. The van der Waals surface area contributed by atoms with E-state index in [1.807, 2.05) is 0 Å². The van der Waals surface area contributed by atoms with Gasteiger partial charge in [-0.05, 0) is 0 Å². The minimum atomic E-state index is 0. The molecule has 0 bridgehead atoms. The summed E-state index contributed by atoms with van der Waals surface area (Å²) in [7, 11) is 0. The van der Waals surface area contributed by atoms with E-state index < -0.39 is 0 Å². The standard InChI is InChI=1S/2C7H9.2ClH.Zr/c2*1-2-7-5-3-4-6-7;;;/h2*3,5H,2,4H2,1H3;2*1H;/q2*-1;;;+4/p-2. The first-order valence-electron chi connectivity index (χ1n) is 5.39. The second kappa shape index (κ2) is 14.5. The monoisotopic (exact) mass is 346 g/mol. The molecule has 0 aromatic heterocycles. The van der Waals surface area contributed by atoms with Crippen molar-refractivity contribution in [2.24, 2.45) is 0 Å². The van der Waals surface area contributed by atoms with Gasteiger partial charge in [0.2, 0.25) is 0 Å². The van der Waals surface area contributed by atoms with Crippen molar-refractivity contribution in [3.05, 3.63) is 47.6 Å². The maximum Gasteiger partial charge on any atom is 4.00 e. The number of halogens is 2. The molecule has 92 valence electrons. The van der Waals surface area contributed by atoms with Crippen molar-refractivity contribution in [2.75, 3.05) is 0 Å². The first-order valence-corrected chi connectivity index (χ1v) is 5.39. The molecule has 0 nitrogen and oxygen atoms in total. The first-order chi connectivity index (χ1) is 6.86. The Morgan fingerprint density at radius 2 is 1.24 bits per heavy atom. The van der Waals surface area contributed by atoms with Crippen LogP contribution in [0.3, 0.4) is 0 Å². The van der Waals surface area contributed by atoms with Crippen LogP contribution < -0.4 is 24.8 Å². The minimum absolute atomic E-state index is 0. The van der Waals surface area contributed by atoms with Crippen LogP contribution >= 0.6 is 0 Å². The van der Waals surface area contributed by atoms with Crippen LogP contribution in [0, 0.1) is 12.2 Å². The van der Waals surface area contributed by atoms with Gasteiger partial charge in [0.25, 0.3) is 0 Å². The van der Waals surface area contributed by atoms with Crippen LogP contribution in [0.25, 0.3) is 0 Å². The first kappa shape index (κ1) is 22.6. The van der Waals surface area contributed by atoms with Crippen LogP contribution in [0.15, 0.2) is 35.5 Å². The summed E-state index contributed by atoms with van der Waals surface area (Å²) in [4.78, 5) is 0. The van der Waals surface area contributed by atoms with E-state index in [9.17, 15) is 0 Å². The van der Waals surface area contributed by atoms with Gasteiger partial charge in [0.05, 0.1) is 0 Å². The molecular weight excluding hydrogens is 330 g/mol. The summed E-state index contributed by atoms with van der Waals surface area (Å²) in [5, 5.41) is 0. The predicted octanol–water partition coefficient (Wildman–Crippen LogP) is -1.82. The van der Waals surface area contributed by atoms with Crippen LogP contribution in [0.4, 0.5) is 0 Å². The maximum atomic E-state index is 3.21. The summed E-state index contributed by atoms with van der Waals surface area (Å²) in [5.74, 6) is 0. The van der Waals surface area contributed by atoms with Crippen molar-refractivity contribution in [1.29, 1.82) is 0 Å². The largest absolute Gasteiger partial charge is 4.00 e. The Hall–Kier alpha value is 0.423. The molecule has 0 atom stereocenters. The number of hydrogen-bond donors (Lipinski definition) is 0. The van der Waals surface area contributed by atoms with Gasteiger partial charge in [0.15, 0.2) is 0 Å². The third kappa shape index (κ3) is 10.1. The van der Waals surface area contributed by atoms with Crippen molar-refractivity contribution < 1.29 is 51.0 Å². The molecule has 0 saturated heterocycles. The third-order valence-corrected chi connectivity index (χ3v) is 2.29. The minimum Gasteiger partial charge on any atom is -1.00 e. The Balaban J connectivity index is -0.000000196. The molecule has 2 aliphatic rings. The molecule has 0 saturated carbocycles. The zero-order valence-corrected chi connectivity index (χ0v) is 14.4. The molecule has 0 N–H and O–H groups in total. The fourth-order valence-corrected chi connectivity index (χ4v) is 1.39. The number of hydrogen-bond acceptors (Lipinski definition) is 0. The summed E-state index contributed by atoms with van der Waals surface area (Å²) in [6, 6.07) is 0. The van der Waals surface area contributed by atoms with Gasteiger partial charge in [-0.15, -0.1) is 12.8 Å². The van der Waals surface area contributed by atoms with Crippen molar-refractivity contribution in [1.82, 2.24) is 0 Å². The van der Waals surface area contributed by atoms with Crippen molar-refractivity contribution in [3.63, 3.8) is 0 Å². The van der Waals surface area contributed by atoms with Gasteiger partial charge < -0.3 is 24.8 Å². The van der Waals surface area contributed by atoms with Crippen LogP contribution in [-0.4, -0.2) is 0 Å². The molecular formula is C14H18Cl2Zr. The molecule has 0 heterocycles. The smallest absolute Gasteiger partial charge is 1.00 e. The Morgan fingerprint density at radius 3 is 1.35 bits per heavy atom. The average Bonchev–Trinajstić information content (AvgIpc) is 2.92. The Labute approximate surface area is 137 Å². The van der Waals surface area contributed by atoms with E-state index in [0.29, 0.717) is 0 Å². The molecule has 0 unspecified atom stereocenters. The van der Waals surface area contributed by atoms with Gasteiger partial charge in [-0.1, -0.05) is 26.7 Å². The van der Waals surface area contributed by atoms with Crippen LogP contribution in [0.5, 0.6) is 0 Å². The van der Waals surface area contributed by atoms with Gasteiger partial charge in [-0.25, -0.2) is 23.3 Å². The molecule has 0 radical (unpaired) electrons. The van der Waals surface area contributed by atoms with Crippen LogP contribution in [0.2, 0.25) is 0 Å². The van der Waals surface area contributed by atoms with E-state index in [2.05, 4.69) is 50.3 Å². The topological polar surface area (TPSA) is 0 Å². The predicted molar refractivity (Wildman–Crippen MR) is 61.6 cm³/mol. The number of allylic oxidation sites excluding steroid dienone is 8. The van der Waals surface area contributed by atoms with E-state index in [1.54, 1.807) is 0 Å². The third-order valence-electron chi connectivity index (χ3n) is 2.29. The van der Waals surface area contributed by atoms with E-state index in [1.165, 1.54) is 11.1 Å². The van der Waals surface area contributed by atoms with E-state index >= 15 is 0 Å². The van der Waals surface area contributed by atoms with Gasteiger partial charge in [-0.2, -0.15) is 12.2 Å². The maximum absolute atomic E-state index is 3.21. The normalized spacial score (nSPS) is 14.5. The molecule has 0 aromatic carbocycles. The van der Waals surface area contributed by atoms with Gasteiger partial charge in [0, 0.05) is 0 Å². The average molecular weight is 348 g/mol. The van der Waals surface area contributed by atoms with Gasteiger partial charge in [0.1, 0.15) is 0 Å². The molecule has 0 fully saturated rings. The SMILES string of the molecule is CCC1=[C-]CC=C1.CCC1=[C-]CC=C1.[Cl-].[Cl-].[Zr+4]. The Bertz CT molecular complexity index is 259. The fourth-order valence-electron chi connectivity index (χ4n) is 1.39. The van der Waals surface area contributed by atoms with Crippen LogP contribution in [0.1, 0.15) is 39.5 Å². The second-order valence-corrected chi connectivity index (χ2v) is 3.32. The summed E-state index contributed by atoms with van der Waals surface area (Å²) >= 11 is 0. The summed E-state index contributed by atoms with van der Waals surface area (Å²) in [6.45, 7) is 4.30.